The SMILES string of the molecule is Cc1cc(C)c2c(n1)CCCN2. The lowest BCUT2D eigenvalue weighted by Crippen LogP contribution is -2.14. The van der Waals surface area contributed by atoms with Gasteiger partial charge in [0.05, 0.1) is 11.4 Å². The van der Waals surface area contributed by atoms with Crippen LogP contribution in [-0.4, -0.2) is 11.5 Å². The molecule has 1 aromatic rings. The highest BCUT2D eigenvalue weighted by Gasteiger charge is 2.11. The van der Waals surface area contributed by atoms with Gasteiger partial charge in [-0.25, -0.2) is 0 Å². The maximum Gasteiger partial charge on any atom is 0.0641 e. The van der Waals surface area contributed by atoms with Gasteiger partial charge in [-0.1, -0.05) is 0 Å². The fraction of sp³-hybridized carbons (Fsp3) is 0.500. The Labute approximate surface area is 73.0 Å². The summed E-state index contributed by atoms with van der Waals surface area (Å²) in [7, 11) is 0. The zero-order valence-corrected chi connectivity index (χ0v) is 7.65. The summed E-state index contributed by atoms with van der Waals surface area (Å²) in [5.41, 5.74) is 4.98. The van der Waals surface area contributed by atoms with Crippen LogP contribution in [0.3, 0.4) is 0 Å². The van der Waals surface area contributed by atoms with E-state index in [1.165, 1.54) is 23.4 Å². The highest BCUT2D eigenvalue weighted by atomic mass is 14.9. The second kappa shape index (κ2) is 2.77. The van der Waals surface area contributed by atoms with E-state index in [2.05, 4.69) is 30.2 Å². The van der Waals surface area contributed by atoms with Crippen molar-refractivity contribution >= 4 is 5.69 Å². The van der Waals surface area contributed by atoms with Crippen molar-refractivity contribution in [3.8, 4) is 0 Å². The summed E-state index contributed by atoms with van der Waals surface area (Å²) < 4.78 is 0. The summed E-state index contributed by atoms with van der Waals surface area (Å²) in [5.74, 6) is 0. The van der Waals surface area contributed by atoms with Crippen LogP contribution in [0.1, 0.15) is 23.4 Å². The predicted octanol–water partition coefficient (Wildman–Crippen LogP) is 2.06. The van der Waals surface area contributed by atoms with Crippen molar-refractivity contribution < 1.29 is 0 Å². The molecular formula is C10H14N2. The third kappa shape index (κ3) is 1.17. The number of anilines is 1. The van der Waals surface area contributed by atoms with E-state index in [9.17, 15) is 0 Å². The lowest BCUT2D eigenvalue weighted by molar-refractivity contribution is 0.793. The molecule has 2 heteroatoms. The minimum atomic E-state index is 1.10. The van der Waals surface area contributed by atoms with Crippen LogP contribution in [-0.2, 0) is 6.42 Å². The molecule has 1 aliphatic heterocycles. The van der Waals surface area contributed by atoms with Gasteiger partial charge >= 0.3 is 0 Å². The molecule has 0 amide bonds. The maximum absolute atomic E-state index is 4.51. The van der Waals surface area contributed by atoms with Crippen molar-refractivity contribution in [3.63, 3.8) is 0 Å². The average molecular weight is 162 g/mol. The molecule has 0 atom stereocenters. The lowest BCUT2D eigenvalue weighted by Gasteiger charge is -2.19. The Morgan fingerprint density at radius 1 is 1.42 bits per heavy atom. The first kappa shape index (κ1) is 7.59. The van der Waals surface area contributed by atoms with E-state index < -0.39 is 0 Å². The molecule has 0 unspecified atom stereocenters. The Kier molecular flexibility index (Phi) is 1.75. The largest absolute Gasteiger partial charge is 0.383 e. The van der Waals surface area contributed by atoms with E-state index in [0.29, 0.717) is 0 Å². The van der Waals surface area contributed by atoms with Crippen LogP contribution in [0.4, 0.5) is 5.69 Å². The number of hydrogen-bond acceptors (Lipinski definition) is 2. The monoisotopic (exact) mass is 162 g/mol. The Hall–Kier alpha value is -1.05. The normalized spacial score (nSPS) is 15.2. The second-order valence-electron chi connectivity index (χ2n) is 3.43. The van der Waals surface area contributed by atoms with Crippen molar-refractivity contribution in [2.45, 2.75) is 26.7 Å². The minimum absolute atomic E-state index is 1.10. The standard InChI is InChI=1S/C10H14N2/c1-7-6-8(2)12-9-4-3-5-11-10(7)9/h6,11H,3-5H2,1-2H3. The minimum Gasteiger partial charge on any atom is -0.383 e. The summed E-state index contributed by atoms with van der Waals surface area (Å²) in [4.78, 5) is 4.51. The number of fused-ring (bicyclic) bond motifs is 1. The summed E-state index contributed by atoms with van der Waals surface area (Å²) >= 11 is 0. The molecule has 64 valence electrons. The highest BCUT2D eigenvalue weighted by Crippen LogP contribution is 2.24. The molecule has 0 saturated carbocycles. The van der Waals surface area contributed by atoms with E-state index in [4.69, 9.17) is 0 Å². The Bertz CT molecular complexity index is 305. The fourth-order valence-electron chi connectivity index (χ4n) is 1.81. The molecule has 2 nitrogen and oxygen atoms in total. The van der Waals surface area contributed by atoms with Gasteiger partial charge in [0.15, 0.2) is 0 Å². The topological polar surface area (TPSA) is 24.9 Å². The maximum atomic E-state index is 4.51. The van der Waals surface area contributed by atoms with Crippen molar-refractivity contribution in [2.75, 3.05) is 11.9 Å². The van der Waals surface area contributed by atoms with Crippen LogP contribution in [0, 0.1) is 13.8 Å². The molecule has 0 fully saturated rings. The molecule has 2 heterocycles. The van der Waals surface area contributed by atoms with Crippen LogP contribution >= 0.6 is 0 Å². The molecule has 2 rings (SSSR count). The first-order valence-electron chi connectivity index (χ1n) is 4.48. The van der Waals surface area contributed by atoms with Gasteiger partial charge in [0.2, 0.25) is 0 Å². The predicted molar refractivity (Wildman–Crippen MR) is 50.5 cm³/mol. The average Bonchev–Trinajstić information content (AvgIpc) is 2.04. The van der Waals surface area contributed by atoms with Crippen molar-refractivity contribution in [1.29, 1.82) is 0 Å². The summed E-state index contributed by atoms with van der Waals surface area (Å²) in [6, 6.07) is 2.14. The zero-order valence-electron chi connectivity index (χ0n) is 7.65. The van der Waals surface area contributed by atoms with Crippen LogP contribution < -0.4 is 5.32 Å². The van der Waals surface area contributed by atoms with Gasteiger partial charge in [-0.15, -0.1) is 0 Å². The van der Waals surface area contributed by atoms with E-state index >= 15 is 0 Å². The molecule has 0 spiro atoms. The van der Waals surface area contributed by atoms with Crippen LogP contribution in [0.25, 0.3) is 0 Å². The Balaban J connectivity index is 2.53. The molecule has 0 saturated heterocycles. The number of aromatic nitrogens is 1. The first-order valence-corrected chi connectivity index (χ1v) is 4.48. The van der Waals surface area contributed by atoms with Gasteiger partial charge in [0.25, 0.3) is 0 Å². The first-order chi connectivity index (χ1) is 5.77. The molecule has 1 aliphatic rings. The van der Waals surface area contributed by atoms with Crippen LogP contribution in [0.15, 0.2) is 6.07 Å². The van der Waals surface area contributed by atoms with E-state index in [1.807, 2.05) is 0 Å². The number of nitrogens with zero attached hydrogens (tertiary/aromatic N) is 1. The number of aryl methyl sites for hydroxylation is 3. The van der Waals surface area contributed by atoms with Crippen LogP contribution in [0.2, 0.25) is 0 Å². The third-order valence-corrected chi connectivity index (χ3v) is 2.31. The van der Waals surface area contributed by atoms with Gasteiger partial charge in [0, 0.05) is 12.2 Å². The summed E-state index contributed by atoms with van der Waals surface area (Å²) in [5, 5.41) is 3.40. The van der Waals surface area contributed by atoms with Crippen molar-refractivity contribution in [3.05, 3.63) is 23.0 Å². The third-order valence-electron chi connectivity index (χ3n) is 2.31. The molecule has 0 bridgehead atoms. The fourth-order valence-corrected chi connectivity index (χ4v) is 1.81. The number of hydrogen-bond donors (Lipinski definition) is 1. The van der Waals surface area contributed by atoms with Crippen LogP contribution in [0.5, 0.6) is 0 Å². The second-order valence-corrected chi connectivity index (χ2v) is 3.43. The number of nitrogens with one attached hydrogen (secondary N) is 1. The number of pyridine rings is 1. The smallest absolute Gasteiger partial charge is 0.0641 e. The Morgan fingerprint density at radius 2 is 2.25 bits per heavy atom. The zero-order chi connectivity index (χ0) is 8.55. The van der Waals surface area contributed by atoms with Gasteiger partial charge in [-0.05, 0) is 38.3 Å². The molecule has 1 aromatic heterocycles. The van der Waals surface area contributed by atoms with Gasteiger partial charge in [0.1, 0.15) is 0 Å². The van der Waals surface area contributed by atoms with E-state index in [1.54, 1.807) is 0 Å². The summed E-state index contributed by atoms with van der Waals surface area (Å²) in [6.07, 6.45) is 2.34. The van der Waals surface area contributed by atoms with E-state index in [-0.39, 0.29) is 0 Å². The van der Waals surface area contributed by atoms with Gasteiger partial charge in [-0.3, -0.25) is 4.98 Å². The summed E-state index contributed by atoms with van der Waals surface area (Å²) in [6.45, 7) is 5.30. The molecule has 12 heavy (non-hydrogen) atoms. The molecular weight excluding hydrogens is 148 g/mol. The molecule has 0 radical (unpaired) electrons. The quantitative estimate of drug-likeness (QED) is 0.631. The molecule has 0 aliphatic carbocycles. The van der Waals surface area contributed by atoms with E-state index in [0.717, 1.165) is 18.7 Å². The van der Waals surface area contributed by atoms with Gasteiger partial charge in [-0.2, -0.15) is 0 Å². The van der Waals surface area contributed by atoms with Gasteiger partial charge < -0.3 is 5.32 Å². The molecule has 1 N–H and O–H groups in total. The van der Waals surface area contributed by atoms with Crippen molar-refractivity contribution in [1.82, 2.24) is 4.98 Å². The highest BCUT2D eigenvalue weighted by molar-refractivity contribution is 5.56. The molecule has 0 aromatic carbocycles. The Morgan fingerprint density at radius 3 is 3.08 bits per heavy atom. The number of rotatable bonds is 0. The van der Waals surface area contributed by atoms with Crippen molar-refractivity contribution in [2.24, 2.45) is 0 Å². The lowest BCUT2D eigenvalue weighted by atomic mass is 10.1.